The molecule has 0 fully saturated rings. The van der Waals surface area contributed by atoms with E-state index in [1.54, 1.807) is 44.7 Å². The van der Waals surface area contributed by atoms with Gasteiger partial charge < -0.3 is 9.47 Å². The van der Waals surface area contributed by atoms with Crippen LogP contribution in [0.1, 0.15) is 15.9 Å². The largest absolute Gasteiger partial charge is 0.497 e. The van der Waals surface area contributed by atoms with Crippen LogP contribution in [0, 0.1) is 0 Å². The number of nitrogens with zero attached hydrogens (tertiary/aromatic N) is 1. The Balaban J connectivity index is 1.98. The van der Waals surface area contributed by atoms with Crippen molar-refractivity contribution < 1.29 is 14.3 Å². The molecule has 0 spiro atoms. The number of carbonyl (C=O) groups excluding carboxylic acids is 1. The van der Waals surface area contributed by atoms with Crippen LogP contribution in [0.4, 0.5) is 0 Å². The summed E-state index contributed by atoms with van der Waals surface area (Å²) in [6, 6.07) is 14.4. The highest BCUT2D eigenvalue weighted by molar-refractivity contribution is 6.10. The minimum absolute atomic E-state index is 0.0696. The van der Waals surface area contributed by atoms with Crippen LogP contribution >= 0.6 is 0 Å². The normalized spacial score (nSPS) is 10.5. The zero-order valence-corrected chi connectivity index (χ0v) is 12.4. The molecule has 110 valence electrons. The second-order valence-corrected chi connectivity index (χ2v) is 4.84. The van der Waals surface area contributed by atoms with E-state index in [1.807, 2.05) is 24.3 Å². The van der Waals surface area contributed by atoms with Crippen LogP contribution in [0.15, 0.2) is 54.7 Å². The van der Waals surface area contributed by atoms with E-state index in [4.69, 9.17) is 9.47 Å². The molecule has 0 saturated heterocycles. The van der Waals surface area contributed by atoms with E-state index in [-0.39, 0.29) is 5.78 Å². The lowest BCUT2D eigenvalue weighted by Gasteiger charge is -2.06. The van der Waals surface area contributed by atoms with Gasteiger partial charge >= 0.3 is 0 Å². The number of benzene rings is 2. The molecule has 4 heteroatoms. The Morgan fingerprint density at radius 1 is 0.864 bits per heavy atom. The number of ketones is 1. The number of aromatic nitrogens is 1. The first-order valence-electron chi connectivity index (χ1n) is 6.84. The van der Waals surface area contributed by atoms with E-state index in [2.05, 4.69) is 4.98 Å². The Morgan fingerprint density at radius 3 is 2.23 bits per heavy atom. The average molecular weight is 293 g/mol. The van der Waals surface area contributed by atoms with Gasteiger partial charge in [0, 0.05) is 22.7 Å². The number of fused-ring (bicyclic) bond motifs is 1. The van der Waals surface area contributed by atoms with Crippen molar-refractivity contribution in [2.45, 2.75) is 0 Å². The predicted octanol–water partition coefficient (Wildman–Crippen LogP) is 3.48. The summed E-state index contributed by atoms with van der Waals surface area (Å²) in [5, 5.41) is 0.874. The molecular weight excluding hydrogens is 278 g/mol. The van der Waals surface area contributed by atoms with Crippen molar-refractivity contribution in [2.24, 2.45) is 0 Å². The van der Waals surface area contributed by atoms with E-state index in [0.29, 0.717) is 11.1 Å². The molecule has 1 heterocycles. The van der Waals surface area contributed by atoms with Crippen molar-refractivity contribution >= 4 is 16.7 Å². The van der Waals surface area contributed by atoms with Gasteiger partial charge in [0.1, 0.15) is 11.5 Å². The number of hydrogen-bond donors (Lipinski definition) is 0. The summed E-state index contributed by atoms with van der Waals surface area (Å²) in [6.45, 7) is 0. The summed E-state index contributed by atoms with van der Waals surface area (Å²) >= 11 is 0. The summed E-state index contributed by atoms with van der Waals surface area (Å²) in [4.78, 5) is 16.9. The molecule has 3 rings (SSSR count). The first-order chi connectivity index (χ1) is 10.7. The monoisotopic (exact) mass is 293 g/mol. The van der Waals surface area contributed by atoms with Crippen LogP contribution in [0.2, 0.25) is 0 Å². The third-order valence-electron chi connectivity index (χ3n) is 3.50. The molecule has 0 atom stereocenters. The van der Waals surface area contributed by atoms with Gasteiger partial charge in [0.25, 0.3) is 0 Å². The quantitative estimate of drug-likeness (QED) is 0.691. The summed E-state index contributed by atoms with van der Waals surface area (Å²) < 4.78 is 10.3. The molecule has 0 N–H and O–H groups in total. The lowest BCUT2D eigenvalue weighted by atomic mass is 10.0. The molecule has 4 nitrogen and oxygen atoms in total. The Labute approximate surface area is 128 Å². The number of hydrogen-bond acceptors (Lipinski definition) is 4. The van der Waals surface area contributed by atoms with Gasteiger partial charge in [0.2, 0.25) is 0 Å². The summed E-state index contributed by atoms with van der Waals surface area (Å²) in [7, 11) is 3.21. The van der Waals surface area contributed by atoms with Crippen molar-refractivity contribution in [3.63, 3.8) is 0 Å². The van der Waals surface area contributed by atoms with Crippen LogP contribution in [-0.2, 0) is 0 Å². The van der Waals surface area contributed by atoms with Crippen molar-refractivity contribution in [3.8, 4) is 11.5 Å². The van der Waals surface area contributed by atoms with Gasteiger partial charge in [-0.3, -0.25) is 9.78 Å². The smallest absolute Gasteiger partial charge is 0.194 e. The van der Waals surface area contributed by atoms with Gasteiger partial charge in [-0.1, -0.05) is 0 Å². The molecule has 0 amide bonds. The maximum Gasteiger partial charge on any atom is 0.194 e. The summed E-state index contributed by atoms with van der Waals surface area (Å²) in [6.07, 6.45) is 1.60. The zero-order valence-electron chi connectivity index (χ0n) is 12.4. The molecule has 0 aliphatic rings. The average Bonchev–Trinajstić information content (AvgIpc) is 2.60. The number of carbonyl (C=O) groups is 1. The van der Waals surface area contributed by atoms with E-state index >= 15 is 0 Å². The highest BCUT2D eigenvalue weighted by Gasteiger charge is 2.11. The van der Waals surface area contributed by atoms with Crippen LogP contribution in [0.5, 0.6) is 11.5 Å². The van der Waals surface area contributed by atoms with E-state index in [0.717, 1.165) is 22.4 Å². The lowest BCUT2D eigenvalue weighted by molar-refractivity contribution is 0.103. The Hall–Kier alpha value is -2.88. The third kappa shape index (κ3) is 2.63. The molecule has 1 aromatic heterocycles. The molecule has 3 aromatic rings. The molecule has 22 heavy (non-hydrogen) atoms. The van der Waals surface area contributed by atoms with Gasteiger partial charge in [-0.25, -0.2) is 0 Å². The minimum atomic E-state index is -0.0696. The fourth-order valence-electron chi connectivity index (χ4n) is 2.27. The first-order valence-corrected chi connectivity index (χ1v) is 6.84. The molecule has 0 saturated carbocycles. The van der Waals surface area contributed by atoms with E-state index in [1.165, 1.54) is 0 Å². The second-order valence-electron chi connectivity index (χ2n) is 4.84. The van der Waals surface area contributed by atoms with E-state index < -0.39 is 0 Å². The molecular formula is C18H15NO3. The predicted molar refractivity (Wildman–Crippen MR) is 84.7 cm³/mol. The molecule has 0 aliphatic heterocycles. The summed E-state index contributed by atoms with van der Waals surface area (Å²) in [5.74, 6) is 1.39. The molecule has 2 aromatic carbocycles. The van der Waals surface area contributed by atoms with Gasteiger partial charge in [0.15, 0.2) is 5.78 Å². The van der Waals surface area contributed by atoms with Crippen molar-refractivity contribution in [3.05, 3.63) is 65.9 Å². The van der Waals surface area contributed by atoms with Crippen molar-refractivity contribution in [1.29, 1.82) is 0 Å². The number of methoxy groups -OCH3 is 2. The van der Waals surface area contributed by atoms with Gasteiger partial charge in [-0.15, -0.1) is 0 Å². The van der Waals surface area contributed by atoms with Crippen LogP contribution < -0.4 is 9.47 Å². The highest BCUT2D eigenvalue weighted by Crippen LogP contribution is 2.22. The Kier molecular flexibility index (Phi) is 3.74. The summed E-state index contributed by atoms with van der Waals surface area (Å²) in [5.41, 5.74) is 1.97. The van der Waals surface area contributed by atoms with Gasteiger partial charge in [0.05, 0.1) is 19.7 Å². The second kappa shape index (κ2) is 5.85. The Bertz CT molecular complexity index is 825. The fraction of sp³-hybridized carbons (Fsp3) is 0.111. The lowest BCUT2D eigenvalue weighted by Crippen LogP contribution is -2.02. The van der Waals surface area contributed by atoms with Crippen molar-refractivity contribution in [1.82, 2.24) is 4.98 Å². The van der Waals surface area contributed by atoms with Crippen molar-refractivity contribution in [2.75, 3.05) is 14.2 Å². The first kappa shape index (κ1) is 14.1. The zero-order chi connectivity index (χ0) is 15.5. The highest BCUT2D eigenvalue weighted by atomic mass is 16.5. The van der Waals surface area contributed by atoms with Gasteiger partial charge in [-0.2, -0.15) is 0 Å². The number of rotatable bonds is 4. The fourth-order valence-corrected chi connectivity index (χ4v) is 2.27. The molecule has 0 aliphatic carbocycles. The van der Waals surface area contributed by atoms with Gasteiger partial charge in [-0.05, 0) is 48.5 Å². The third-order valence-corrected chi connectivity index (χ3v) is 3.50. The molecule has 0 radical (unpaired) electrons. The minimum Gasteiger partial charge on any atom is -0.497 e. The number of pyridine rings is 1. The molecule has 0 bridgehead atoms. The topological polar surface area (TPSA) is 48.4 Å². The number of ether oxygens (including phenoxy) is 2. The van der Waals surface area contributed by atoms with Crippen LogP contribution in [-0.4, -0.2) is 25.0 Å². The SMILES string of the molecule is COc1ccc(C(=O)c2cnc3ccc(OC)cc3c2)cc1. The van der Waals surface area contributed by atoms with E-state index in [9.17, 15) is 4.79 Å². The van der Waals surface area contributed by atoms with Crippen LogP contribution in [0.3, 0.4) is 0 Å². The standard InChI is InChI=1S/C18H15NO3/c1-21-15-5-3-12(4-6-15)18(20)14-9-13-10-16(22-2)7-8-17(13)19-11-14/h3-11H,1-2H3. The van der Waals surface area contributed by atoms with Crippen LogP contribution in [0.25, 0.3) is 10.9 Å². The molecule has 0 unspecified atom stereocenters. The Morgan fingerprint density at radius 2 is 1.55 bits per heavy atom. The maximum atomic E-state index is 12.5. The maximum absolute atomic E-state index is 12.5.